The number of imidazole rings is 1. The van der Waals surface area contributed by atoms with Gasteiger partial charge in [0.2, 0.25) is 5.91 Å². The summed E-state index contributed by atoms with van der Waals surface area (Å²) in [6.45, 7) is 2.05. The van der Waals surface area contributed by atoms with Gasteiger partial charge in [0, 0.05) is 31.2 Å². The predicted octanol–water partition coefficient (Wildman–Crippen LogP) is 3.04. The average Bonchev–Trinajstić information content (AvgIpc) is 3.05. The molecule has 25 heavy (non-hydrogen) atoms. The van der Waals surface area contributed by atoms with Crippen molar-refractivity contribution in [3.63, 3.8) is 0 Å². The second kappa shape index (κ2) is 7.53. The molecule has 5 nitrogen and oxygen atoms in total. The number of nitrogens with one attached hydrogen (secondary N) is 1. The lowest BCUT2D eigenvalue weighted by Crippen LogP contribution is -2.20. The number of rotatable bonds is 5. The van der Waals surface area contributed by atoms with Crippen molar-refractivity contribution in [2.75, 3.05) is 0 Å². The molecule has 0 atom stereocenters. The predicted molar refractivity (Wildman–Crippen MR) is 93.4 cm³/mol. The molecule has 2 aromatic heterocycles. The summed E-state index contributed by atoms with van der Waals surface area (Å²) in [7, 11) is 0. The fourth-order valence-electron chi connectivity index (χ4n) is 2.37. The van der Waals surface area contributed by atoms with Gasteiger partial charge >= 0.3 is 0 Å². The van der Waals surface area contributed by atoms with Crippen LogP contribution in [-0.2, 0) is 11.3 Å². The fourth-order valence-corrected chi connectivity index (χ4v) is 2.37. The van der Waals surface area contributed by atoms with Gasteiger partial charge in [-0.1, -0.05) is 12.1 Å². The molecule has 0 radical (unpaired) electrons. The lowest BCUT2D eigenvalue weighted by Gasteiger charge is -2.09. The van der Waals surface area contributed by atoms with Crippen molar-refractivity contribution in [1.29, 1.82) is 0 Å². The van der Waals surface area contributed by atoms with E-state index in [1.165, 1.54) is 12.1 Å². The maximum Gasteiger partial charge on any atom is 0.244 e. The number of pyridine rings is 1. The fraction of sp³-hybridized carbons (Fsp3) is 0.105. The molecule has 1 N–H and O–H groups in total. The summed E-state index contributed by atoms with van der Waals surface area (Å²) in [6.07, 6.45) is 8.01. The zero-order valence-electron chi connectivity index (χ0n) is 13.7. The molecule has 6 heteroatoms. The molecule has 0 unspecified atom stereocenters. The maximum absolute atomic E-state index is 14.3. The van der Waals surface area contributed by atoms with Crippen LogP contribution >= 0.6 is 0 Å². The molecule has 0 aliphatic carbocycles. The molecular formula is C19H17FN4O. The lowest BCUT2D eigenvalue weighted by atomic mass is 10.2. The summed E-state index contributed by atoms with van der Waals surface area (Å²) in [5.74, 6) is 0.0806. The van der Waals surface area contributed by atoms with Gasteiger partial charge in [-0.05, 0) is 42.8 Å². The van der Waals surface area contributed by atoms with Crippen molar-refractivity contribution in [2.24, 2.45) is 0 Å². The topological polar surface area (TPSA) is 59.8 Å². The molecule has 0 bridgehead atoms. The van der Waals surface area contributed by atoms with E-state index in [1.54, 1.807) is 53.5 Å². The van der Waals surface area contributed by atoms with E-state index in [4.69, 9.17) is 0 Å². The zero-order valence-corrected chi connectivity index (χ0v) is 13.7. The van der Waals surface area contributed by atoms with Crippen LogP contribution in [0.1, 0.15) is 17.1 Å². The first kappa shape index (κ1) is 16.6. The lowest BCUT2D eigenvalue weighted by molar-refractivity contribution is -0.116. The Hall–Kier alpha value is -3.28. The number of aryl methyl sites for hydroxylation is 1. The number of carbonyl (C=O) groups excluding carboxylic acids is 1. The number of hydrogen-bond acceptors (Lipinski definition) is 3. The quantitative estimate of drug-likeness (QED) is 0.729. The second-order valence-electron chi connectivity index (χ2n) is 5.44. The Bertz CT molecular complexity index is 903. The van der Waals surface area contributed by atoms with Gasteiger partial charge in [-0.2, -0.15) is 0 Å². The third-order valence-electron chi connectivity index (χ3n) is 3.66. The van der Waals surface area contributed by atoms with Gasteiger partial charge in [-0.15, -0.1) is 0 Å². The molecule has 0 saturated carbocycles. The van der Waals surface area contributed by atoms with Gasteiger partial charge < -0.3 is 9.88 Å². The summed E-state index contributed by atoms with van der Waals surface area (Å²) in [6, 6.07) is 10.3. The minimum Gasteiger partial charge on any atom is -0.348 e. The summed E-state index contributed by atoms with van der Waals surface area (Å²) in [4.78, 5) is 20.0. The summed E-state index contributed by atoms with van der Waals surface area (Å²) >= 11 is 0. The van der Waals surface area contributed by atoms with E-state index >= 15 is 0 Å². The highest BCUT2D eigenvalue weighted by Gasteiger charge is 2.08. The van der Waals surface area contributed by atoms with Crippen molar-refractivity contribution >= 4 is 12.0 Å². The number of nitrogens with zero attached hydrogens (tertiary/aromatic N) is 3. The summed E-state index contributed by atoms with van der Waals surface area (Å²) < 4.78 is 16.0. The van der Waals surface area contributed by atoms with Crippen LogP contribution in [0.4, 0.5) is 4.39 Å². The minimum atomic E-state index is -0.364. The van der Waals surface area contributed by atoms with Crippen LogP contribution in [0.25, 0.3) is 11.8 Å². The SMILES string of the molecule is Cc1nccn1-c1ccc(CNC(=O)/C=C/c2ccccn2)cc1F. The molecule has 0 aliphatic rings. The highest BCUT2D eigenvalue weighted by molar-refractivity contribution is 5.91. The van der Waals surface area contributed by atoms with E-state index < -0.39 is 0 Å². The van der Waals surface area contributed by atoms with E-state index in [9.17, 15) is 9.18 Å². The van der Waals surface area contributed by atoms with E-state index in [2.05, 4.69) is 15.3 Å². The van der Waals surface area contributed by atoms with Crippen LogP contribution in [-0.4, -0.2) is 20.4 Å². The van der Waals surface area contributed by atoms with Crippen LogP contribution in [0, 0.1) is 12.7 Å². The molecule has 0 fully saturated rings. The first-order valence-electron chi connectivity index (χ1n) is 7.79. The number of benzene rings is 1. The largest absolute Gasteiger partial charge is 0.348 e. The number of halogens is 1. The van der Waals surface area contributed by atoms with Crippen LogP contribution in [0.3, 0.4) is 0 Å². The van der Waals surface area contributed by atoms with Crippen molar-refractivity contribution in [3.05, 3.63) is 84.0 Å². The van der Waals surface area contributed by atoms with Gasteiger partial charge in [0.1, 0.15) is 11.6 Å². The minimum absolute atomic E-state index is 0.242. The third-order valence-corrected chi connectivity index (χ3v) is 3.66. The van der Waals surface area contributed by atoms with Crippen molar-refractivity contribution in [1.82, 2.24) is 19.9 Å². The molecule has 3 aromatic rings. The second-order valence-corrected chi connectivity index (χ2v) is 5.44. The van der Waals surface area contributed by atoms with Crippen molar-refractivity contribution < 1.29 is 9.18 Å². The number of amides is 1. The van der Waals surface area contributed by atoms with Crippen LogP contribution in [0.5, 0.6) is 0 Å². The Morgan fingerprint density at radius 3 is 2.80 bits per heavy atom. The Kier molecular flexibility index (Phi) is 4.99. The van der Waals surface area contributed by atoms with Crippen LogP contribution < -0.4 is 5.32 Å². The maximum atomic E-state index is 14.3. The Morgan fingerprint density at radius 1 is 1.24 bits per heavy atom. The Labute approximate surface area is 144 Å². The molecule has 3 rings (SSSR count). The first-order valence-corrected chi connectivity index (χ1v) is 7.79. The van der Waals surface area contributed by atoms with Crippen LogP contribution in [0.2, 0.25) is 0 Å². The number of hydrogen-bond donors (Lipinski definition) is 1. The number of carbonyl (C=O) groups is 1. The van der Waals surface area contributed by atoms with Crippen molar-refractivity contribution in [3.8, 4) is 5.69 Å². The van der Waals surface area contributed by atoms with Crippen LogP contribution in [0.15, 0.2) is 61.1 Å². The highest BCUT2D eigenvalue weighted by atomic mass is 19.1. The Morgan fingerprint density at radius 2 is 2.12 bits per heavy atom. The third kappa shape index (κ3) is 4.17. The van der Waals surface area contributed by atoms with Gasteiger partial charge in [0.25, 0.3) is 0 Å². The van der Waals surface area contributed by atoms with Gasteiger partial charge in [-0.25, -0.2) is 9.37 Å². The molecule has 2 heterocycles. The van der Waals surface area contributed by atoms with Crippen molar-refractivity contribution in [2.45, 2.75) is 13.5 Å². The average molecular weight is 336 g/mol. The summed E-state index contributed by atoms with van der Waals surface area (Å²) in [5.41, 5.74) is 1.81. The molecule has 1 amide bonds. The molecule has 0 aliphatic heterocycles. The molecule has 126 valence electrons. The Balaban J connectivity index is 1.62. The molecule has 1 aromatic carbocycles. The van der Waals surface area contributed by atoms with E-state index in [0.717, 1.165) is 0 Å². The zero-order chi connectivity index (χ0) is 17.6. The molecule has 0 spiro atoms. The monoisotopic (exact) mass is 336 g/mol. The van der Waals surface area contributed by atoms with Gasteiger partial charge in [-0.3, -0.25) is 9.78 Å². The van der Waals surface area contributed by atoms with Gasteiger partial charge in [0.05, 0.1) is 11.4 Å². The number of aromatic nitrogens is 3. The molecular weight excluding hydrogens is 319 g/mol. The normalized spacial score (nSPS) is 11.0. The smallest absolute Gasteiger partial charge is 0.244 e. The van der Waals surface area contributed by atoms with Gasteiger partial charge in [0.15, 0.2) is 0 Å². The molecule has 0 saturated heterocycles. The first-order chi connectivity index (χ1) is 12.1. The van der Waals surface area contributed by atoms with E-state index in [-0.39, 0.29) is 18.3 Å². The highest BCUT2D eigenvalue weighted by Crippen LogP contribution is 2.16. The summed E-state index contributed by atoms with van der Waals surface area (Å²) in [5, 5.41) is 2.72. The van der Waals surface area contributed by atoms with E-state index in [0.29, 0.717) is 22.8 Å². The van der Waals surface area contributed by atoms with E-state index in [1.807, 2.05) is 13.0 Å². The standard InChI is InChI=1S/C19H17FN4O/c1-14-21-10-11-24(14)18-7-5-15(12-17(18)20)13-23-19(25)8-6-16-4-2-3-9-22-16/h2-12H,13H2,1H3,(H,23,25)/b8-6+.